The highest BCUT2D eigenvalue weighted by atomic mass is 16.1. The van der Waals surface area contributed by atoms with Crippen molar-refractivity contribution in [1.29, 1.82) is 0 Å². The van der Waals surface area contributed by atoms with Gasteiger partial charge in [-0.2, -0.15) is 0 Å². The van der Waals surface area contributed by atoms with Crippen LogP contribution in [-0.2, 0) is 4.79 Å². The number of hydrogen-bond acceptors (Lipinski definition) is 2. The molecule has 2 aliphatic rings. The third-order valence-electron chi connectivity index (χ3n) is 4.38. The van der Waals surface area contributed by atoms with Crippen LogP contribution in [0.25, 0.3) is 0 Å². The molecular formula is C14H17NO. The predicted octanol–water partition coefficient (Wildman–Crippen LogP) is 2.21. The van der Waals surface area contributed by atoms with E-state index in [4.69, 9.17) is 0 Å². The summed E-state index contributed by atoms with van der Waals surface area (Å²) in [7, 11) is 2.10. The summed E-state index contributed by atoms with van der Waals surface area (Å²) in [6, 6.07) is 10.5. The molecule has 2 heteroatoms. The van der Waals surface area contributed by atoms with Gasteiger partial charge in [-0.15, -0.1) is 0 Å². The van der Waals surface area contributed by atoms with Crippen LogP contribution in [0.4, 0.5) is 0 Å². The van der Waals surface area contributed by atoms with Crippen molar-refractivity contribution in [3.05, 3.63) is 35.9 Å². The van der Waals surface area contributed by atoms with Crippen LogP contribution >= 0.6 is 0 Å². The molecule has 1 spiro atoms. The molecule has 0 N–H and O–H groups in total. The number of carbonyl (C=O) groups excluding carboxylic acids is 1. The van der Waals surface area contributed by atoms with Crippen LogP contribution in [0.5, 0.6) is 0 Å². The fourth-order valence-electron chi connectivity index (χ4n) is 3.44. The van der Waals surface area contributed by atoms with E-state index >= 15 is 0 Å². The zero-order valence-electron chi connectivity index (χ0n) is 9.65. The summed E-state index contributed by atoms with van der Waals surface area (Å²) in [6.45, 7) is 1.06. The van der Waals surface area contributed by atoms with E-state index in [1.165, 1.54) is 5.56 Å². The summed E-state index contributed by atoms with van der Waals surface area (Å²) in [5, 5.41) is 0. The number of ketones is 1. The van der Waals surface area contributed by atoms with Gasteiger partial charge in [0.1, 0.15) is 0 Å². The average molecular weight is 215 g/mol. The molecule has 2 fully saturated rings. The molecule has 0 radical (unpaired) electrons. The van der Waals surface area contributed by atoms with Crippen LogP contribution in [0, 0.1) is 0 Å². The van der Waals surface area contributed by atoms with E-state index in [1.54, 1.807) is 0 Å². The number of likely N-dealkylation sites (N-methyl/N-ethyl adjacent to an activating group) is 1. The molecule has 2 unspecified atom stereocenters. The first-order chi connectivity index (χ1) is 7.75. The predicted molar refractivity (Wildman–Crippen MR) is 63.4 cm³/mol. The second-order valence-electron chi connectivity index (χ2n) is 5.04. The Bertz CT molecular complexity index is 414. The van der Waals surface area contributed by atoms with Gasteiger partial charge in [0.25, 0.3) is 0 Å². The van der Waals surface area contributed by atoms with Gasteiger partial charge in [-0.25, -0.2) is 0 Å². The Labute approximate surface area is 96.3 Å². The van der Waals surface area contributed by atoms with Gasteiger partial charge in [-0.1, -0.05) is 30.3 Å². The van der Waals surface area contributed by atoms with Gasteiger partial charge in [-0.05, 0) is 32.0 Å². The third kappa shape index (κ3) is 1.14. The van der Waals surface area contributed by atoms with Crippen LogP contribution in [0.3, 0.4) is 0 Å². The van der Waals surface area contributed by atoms with Crippen molar-refractivity contribution < 1.29 is 4.79 Å². The fraction of sp³-hybridized carbons (Fsp3) is 0.500. The highest BCUT2D eigenvalue weighted by Gasteiger charge is 2.59. The minimum Gasteiger partial charge on any atom is -0.298 e. The molecule has 16 heavy (non-hydrogen) atoms. The quantitative estimate of drug-likeness (QED) is 0.716. The highest BCUT2D eigenvalue weighted by Crippen LogP contribution is 2.51. The van der Waals surface area contributed by atoms with Gasteiger partial charge >= 0.3 is 0 Å². The Morgan fingerprint density at radius 1 is 1.31 bits per heavy atom. The molecule has 0 aromatic heterocycles. The SMILES string of the molecule is CN1CCCC12C(=O)CC2c1ccccc1. The Balaban J connectivity index is 1.96. The lowest BCUT2D eigenvalue weighted by Crippen LogP contribution is -2.61. The van der Waals surface area contributed by atoms with Gasteiger partial charge in [0, 0.05) is 12.3 Å². The second kappa shape index (κ2) is 3.42. The minimum absolute atomic E-state index is 0.151. The van der Waals surface area contributed by atoms with Gasteiger partial charge < -0.3 is 0 Å². The van der Waals surface area contributed by atoms with Crippen molar-refractivity contribution >= 4 is 5.78 Å². The molecule has 2 nitrogen and oxygen atoms in total. The van der Waals surface area contributed by atoms with E-state index in [2.05, 4.69) is 36.2 Å². The van der Waals surface area contributed by atoms with Gasteiger partial charge in [0.05, 0.1) is 5.54 Å². The largest absolute Gasteiger partial charge is 0.298 e. The van der Waals surface area contributed by atoms with Crippen molar-refractivity contribution in [1.82, 2.24) is 4.90 Å². The Morgan fingerprint density at radius 2 is 2.06 bits per heavy atom. The summed E-state index contributed by atoms with van der Waals surface area (Å²) in [4.78, 5) is 14.3. The van der Waals surface area contributed by atoms with Crippen LogP contribution in [-0.4, -0.2) is 29.8 Å². The van der Waals surface area contributed by atoms with E-state index in [1.807, 2.05) is 6.07 Å². The van der Waals surface area contributed by atoms with Gasteiger partial charge in [-0.3, -0.25) is 9.69 Å². The molecule has 3 rings (SSSR count). The molecule has 1 saturated carbocycles. The maximum absolute atomic E-state index is 12.0. The second-order valence-corrected chi connectivity index (χ2v) is 5.04. The molecule has 1 aliphatic heterocycles. The van der Waals surface area contributed by atoms with Gasteiger partial charge in [0.15, 0.2) is 5.78 Å². The molecule has 0 amide bonds. The first-order valence-electron chi connectivity index (χ1n) is 6.04. The van der Waals surface area contributed by atoms with E-state index in [-0.39, 0.29) is 5.54 Å². The molecule has 2 atom stereocenters. The molecule has 1 aliphatic carbocycles. The number of carbonyl (C=O) groups is 1. The summed E-state index contributed by atoms with van der Waals surface area (Å²) < 4.78 is 0. The van der Waals surface area contributed by atoms with Crippen molar-refractivity contribution in [3.8, 4) is 0 Å². The van der Waals surface area contributed by atoms with E-state index < -0.39 is 0 Å². The number of likely N-dealkylation sites (tertiary alicyclic amines) is 1. The Kier molecular flexibility index (Phi) is 2.15. The lowest BCUT2D eigenvalue weighted by molar-refractivity contribution is -0.141. The highest BCUT2D eigenvalue weighted by molar-refractivity contribution is 5.97. The van der Waals surface area contributed by atoms with Crippen molar-refractivity contribution in [3.63, 3.8) is 0 Å². The molecular weight excluding hydrogens is 198 g/mol. The number of hydrogen-bond donors (Lipinski definition) is 0. The summed E-state index contributed by atoms with van der Waals surface area (Å²) in [5.74, 6) is 0.870. The summed E-state index contributed by atoms with van der Waals surface area (Å²) in [5.41, 5.74) is 1.18. The number of Topliss-reactive ketones (excluding diaryl/α,β-unsaturated/α-hetero) is 1. The van der Waals surface area contributed by atoms with Crippen molar-refractivity contribution in [2.24, 2.45) is 0 Å². The monoisotopic (exact) mass is 215 g/mol. The Morgan fingerprint density at radius 3 is 2.62 bits per heavy atom. The molecule has 1 aromatic rings. The number of rotatable bonds is 1. The smallest absolute Gasteiger partial charge is 0.154 e. The maximum atomic E-state index is 12.0. The topological polar surface area (TPSA) is 20.3 Å². The maximum Gasteiger partial charge on any atom is 0.154 e. The first-order valence-corrected chi connectivity index (χ1v) is 6.04. The average Bonchev–Trinajstić information content (AvgIpc) is 2.71. The number of nitrogens with zero attached hydrogens (tertiary/aromatic N) is 1. The minimum atomic E-state index is -0.151. The van der Waals surface area contributed by atoms with Crippen LogP contribution < -0.4 is 0 Å². The molecule has 1 aromatic carbocycles. The van der Waals surface area contributed by atoms with Crippen LogP contribution in [0.1, 0.15) is 30.7 Å². The first kappa shape index (κ1) is 10.0. The number of benzene rings is 1. The lowest BCUT2D eigenvalue weighted by Gasteiger charge is -2.50. The summed E-state index contributed by atoms with van der Waals surface area (Å²) in [6.07, 6.45) is 2.93. The molecule has 84 valence electrons. The lowest BCUT2D eigenvalue weighted by atomic mass is 9.61. The van der Waals surface area contributed by atoms with Crippen molar-refractivity contribution in [2.45, 2.75) is 30.7 Å². The standard InChI is InChI=1S/C14H17NO/c1-15-9-5-8-14(15)12(10-13(14)16)11-6-3-2-4-7-11/h2-4,6-7,12H,5,8-10H2,1H3. The Hall–Kier alpha value is -1.15. The van der Waals surface area contributed by atoms with Crippen molar-refractivity contribution in [2.75, 3.05) is 13.6 Å². The van der Waals surface area contributed by atoms with E-state index in [0.29, 0.717) is 11.7 Å². The zero-order chi connectivity index (χ0) is 11.2. The normalized spacial score (nSPS) is 34.3. The van der Waals surface area contributed by atoms with Crippen LogP contribution in [0.15, 0.2) is 30.3 Å². The summed E-state index contributed by atoms with van der Waals surface area (Å²) >= 11 is 0. The van der Waals surface area contributed by atoms with E-state index in [0.717, 1.165) is 25.8 Å². The third-order valence-corrected chi connectivity index (χ3v) is 4.38. The molecule has 0 bridgehead atoms. The fourth-order valence-corrected chi connectivity index (χ4v) is 3.44. The van der Waals surface area contributed by atoms with E-state index in [9.17, 15) is 4.79 Å². The molecule has 1 heterocycles. The molecule has 1 saturated heterocycles. The van der Waals surface area contributed by atoms with Gasteiger partial charge in [0.2, 0.25) is 0 Å². The van der Waals surface area contributed by atoms with Crippen LogP contribution in [0.2, 0.25) is 0 Å². The zero-order valence-corrected chi connectivity index (χ0v) is 9.65.